The van der Waals surface area contributed by atoms with Gasteiger partial charge in [0.25, 0.3) is 0 Å². The molecule has 0 aliphatic rings. The van der Waals surface area contributed by atoms with Gasteiger partial charge in [-0.25, -0.2) is 4.57 Å². The molecule has 0 saturated carbocycles. The van der Waals surface area contributed by atoms with Gasteiger partial charge >= 0.3 is 20.6 Å². The van der Waals surface area contributed by atoms with Crippen LogP contribution in [0.4, 0.5) is 0 Å². The molecule has 0 aromatic heterocycles. The van der Waals surface area contributed by atoms with E-state index in [-0.39, 0.29) is 25.2 Å². The van der Waals surface area contributed by atoms with Crippen LogP contribution in [0, 0.1) is 0 Å². The molecule has 0 heterocycles. The fraction of sp³-hybridized carbons (Fsp3) is 0.931. The van der Waals surface area contributed by atoms with Gasteiger partial charge < -0.3 is 15.2 Å². The van der Waals surface area contributed by atoms with Crippen molar-refractivity contribution in [2.45, 2.75) is 154 Å². The molecule has 0 bridgehead atoms. The van der Waals surface area contributed by atoms with E-state index in [1.165, 1.54) is 83.5 Å². The summed E-state index contributed by atoms with van der Waals surface area (Å²) in [4.78, 5) is 24.2. The van der Waals surface area contributed by atoms with Gasteiger partial charge in [0.2, 0.25) is 0 Å². The molecule has 0 aliphatic carbocycles. The van der Waals surface area contributed by atoms with Crippen LogP contribution in [0.3, 0.4) is 0 Å². The first kappa shape index (κ1) is 36.0. The second kappa shape index (κ2) is 29.5. The fourth-order valence-corrected chi connectivity index (χ4v) is 4.54. The van der Waals surface area contributed by atoms with E-state index in [1.54, 1.807) is 0 Å². The third kappa shape index (κ3) is 27.8. The van der Waals surface area contributed by atoms with Gasteiger partial charge in [0.05, 0.1) is 0 Å². The maximum absolute atomic E-state index is 12.1. The Kier molecular flexibility index (Phi) is 28.7. The predicted octanol–water partition coefficient (Wildman–Crippen LogP) is 8.23. The van der Waals surface area contributed by atoms with Crippen molar-refractivity contribution in [3.05, 3.63) is 0 Å². The molecule has 37 heavy (non-hydrogen) atoms. The van der Waals surface area contributed by atoms with Crippen LogP contribution < -0.4 is 5.73 Å². The molecule has 0 aromatic carbocycles. The van der Waals surface area contributed by atoms with Gasteiger partial charge in [-0.05, 0) is 25.8 Å². The summed E-state index contributed by atoms with van der Waals surface area (Å²) in [7, 11) is -0.486. The standard InChI is InChI=1S/C29H56NO6P/c1-2-3-4-5-6-13-17-20-23-29(32)36-27(26-35-37-33)25-34-28(31)22-19-16-14-11-9-7-8-10-12-15-18-21-24-30/h27H,2-26,30H2,1H3/t27-/m1/s1. The lowest BCUT2D eigenvalue weighted by Gasteiger charge is -2.16. The third-order valence-corrected chi connectivity index (χ3v) is 6.87. The Morgan fingerprint density at radius 3 is 1.51 bits per heavy atom. The summed E-state index contributed by atoms with van der Waals surface area (Å²) in [5, 5.41) is 0. The van der Waals surface area contributed by atoms with E-state index in [2.05, 4.69) is 6.92 Å². The van der Waals surface area contributed by atoms with Crippen molar-refractivity contribution in [2.24, 2.45) is 5.73 Å². The van der Waals surface area contributed by atoms with Gasteiger partial charge in [-0.3, -0.25) is 14.1 Å². The number of carbonyl (C=O) groups is 2. The predicted molar refractivity (Wildman–Crippen MR) is 151 cm³/mol. The summed E-state index contributed by atoms with van der Waals surface area (Å²) in [6, 6.07) is 0. The maximum Gasteiger partial charge on any atom is 0.327 e. The second-order valence-corrected chi connectivity index (χ2v) is 10.6. The van der Waals surface area contributed by atoms with Gasteiger partial charge in [0.1, 0.15) is 13.2 Å². The molecule has 7 nitrogen and oxygen atoms in total. The summed E-state index contributed by atoms with van der Waals surface area (Å²) >= 11 is 0. The lowest BCUT2D eigenvalue weighted by Crippen LogP contribution is -2.28. The monoisotopic (exact) mass is 545 g/mol. The van der Waals surface area contributed by atoms with Crippen molar-refractivity contribution in [3.63, 3.8) is 0 Å². The van der Waals surface area contributed by atoms with Crippen molar-refractivity contribution in [2.75, 3.05) is 19.8 Å². The Bertz CT molecular complexity index is 535. The summed E-state index contributed by atoms with van der Waals surface area (Å²) < 4.78 is 26.2. The average molecular weight is 546 g/mol. The van der Waals surface area contributed by atoms with Crippen LogP contribution in [-0.4, -0.2) is 37.8 Å². The van der Waals surface area contributed by atoms with Crippen molar-refractivity contribution >= 4 is 20.6 Å². The highest BCUT2D eigenvalue weighted by atomic mass is 31.1. The van der Waals surface area contributed by atoms with E-state index in [4.69, 9.17) is 19.7 Å². The molecule has 0 unspecified atom stereocenters. The van der Waals surface area contributed by atoms with Gasteiger partial charge in [-0.15, -0.1) is 0 Å². The molecule has 218 valence electrons. The Hall–Kier alpha value is -1.04. The van der Waals surface area contributed by atoms with Crippen molar-refractivity contribution in [3.8, 4) is 0 Å². The number of carbonyl (C=O) groups excluding carboxylic acids is 2. The summed E-state index contributed by atoms with van der Waals surface area (Å²) in [6.45, 7) is 2.89. The molecule has 1 atom stereocenters. The maximum atomic E-state index is 12.1. The number of unbranched alkanes of at least 4 members (excludes halogenated alkanes) is 18. The summed E-state index contributed by atoms with van der Waals surface area (Å²) in [5.41, 5.74) is 5.51. The van der Waals surface area contributed by atoms with Crippen molar-refractivity contribution < 1.29 is 28.2 Å². The van der Waals surface area contributed by atoms with E-state index >= 15 is 0 Å². The second-order valence-electron chi connectivity index (χ2n) is 10.2. The minimum atomic E-state index is -0.729. The average Bonchev–Trinajstić information content (AvgIpc) is 2.89. The highest BCUT2D eigenvalue weighted by molar-refractivity contribution is 7.17. The van der Waals surface area contributed by atoms with Crippen LogP contribution in [0.1, 0.15) is 148 Å². The zero-order valence-electron chi connectivity index (χ0n) is 23.7. The molecular weight excluding hydrogens is 489 g/mol. The Morgan fingerprint density at radius 2 is 1.05 bits per heavy atom. The minimum Gasteiger partial charge on any atom is -0.462 e. The molecule has 0 amide bonds. The smallest absolute Gasteiger partial charge is 0.327 e. The molecule has 0 rings (SSSR count). The normalized spacial score (nSPS) is 12.1. The Labute approximate surface area is 228 Å². The van der Waals surface area contributed by atoms with Gasteiger partial charge in [0.15, 0.2) is 6.10 Å². The first-order chi connectivity index (χ1) is 18.1. The molecule has 0 aromatic rings. The molecule has 0 radical (unpaired) electrons. The number of nitrogens with two attached hydrogens (primary N) is 1. The van der Waals surface area contributed by atoms with E-state index in [0.717, 1.165) is 51.5 Å². The van der Waals surface area contributed by atoms with Gasteiger partial charge in [0, 0.05) is 12.8 Å². The van der Waals surface area contributed by atoms with Crippen LogP contribution in [0.2, 0.25) is 0 Å². The topological polar surface area (TPSA) is 105 Å². The van der Waals surface area contributed by atoms with Crippen LogP contribution in [-0.2, 0) is 28.2 Å². The lowest BCUT2D eigenvalue weighted by molar-refractivity contribution is -0.160. The van der Waals surface area contributed by atoms with E-state index in [0.29, 0.717) is 12.8 Å². The fourth-order valence-electron chi connectivity index (χ4n) is 4.32. The zero-order valence-corrected chi connectivity index (χ0v) is 24.6. The van der Waals surface area contributed by atoms with Crippen molar-refractivity contribution in [1.82, 2.24) is 0 Å². The number of esters is 2. The zero-order chi connectivity index (χ0) is 27.2. The molecule has 0 saturated heterocycles. The third-order valence-electron chi connectivity index (χ3n) is 6.61. The number of hydrogen-bond donors (Lipinski definition) is 1. The van der Waals surface area contributed by atoms with Crippen LogP contribution in [0.15, 0.2) is 0 Å². The Balaban J connectivity index is 3.77. The minimum absolute atomic E-state index is 0.0603. The highest BCUT2D eigenvalue weighted by Gasteiger charge is 2.17. The van der Waals surface area contributed by atoms with Gasteiger partial charge in [-0.1, -0.05) is 116 Å². The molecule has 0 aliphatic heterocycles. The number of ether oxygens (including phenoxy) is 2. The van der Waals surface area contributed by atoms with Crippen LogP contribution in [0.25, 0.3) is 0 Å². The van der Waals surface area contributed by atoms with Crippen LogP contribution >= 0.6 is 8.69 Å². The molecular formula is C29H56NO6P. The van der Waals surface area contributed by atoms with E-state index < -0.39 is 14.8 Å². The van der Waals surface area contributed by atoms with Crippen LogP contribution in [0.5, 0.6) is 0 Å². The SMILES string of the molecule is CCCCCCCCCCC(=O)O[C@@H](COP=O)COC(=O)CCCCCCCCCCCCCCN. The van der Waals surface area contributed by atoms with Crippen molar-refractivity contribution in [1.29, 1.82) is 0 Å². The Morgan fingerprint density at radius 1 is 0.622 bits per heavy atom. The lowest BCUT2D eigenvalue weighted by atomic mass is 10.0. The highest BCUT2D eigenvalue weighted by Crippen LogP contribution is 2.14. The summed E-state index contributed by atoms with van der Waals surface area (Å²) in [5.74, 6) is -0.622. The largest absolute Gasteiger partial charge is 0.462 e. The molecule has 0 fully saturated rings. The number of rotatable bonds is 29. The molecule has 8 heteroatoms. The molecule has 0 spiro atoms. The quantitative estimate of drug-likeness (QED) is 0.0573. The van der Waals surface area contributed by atoms with E-state index in [1.807, 2.05) is 0 Å². The van der Waals surface area contributed by atoms with Gasteiger partial charge in [-0.2, -0.15) is 0 Å². The first-order valence-corrected chi connectivity index (χ1v) is 15.9. The molecule has 2 N–H and O–H groups in total. The van der Waals surface area contributed by atoms with E-state index in [9.17, 15) is 14.2 Å². The summed E-state index contributed by atoms with van der Waals surface area (Å²) in [6.07, 6.45) is 23.6. The number of hydrogen-bond acceptors (Lipinski definition) is 7. The first-order valence-electron chi connectivity index (χ1n) is 15.1.